The molecule has 0 aliphatic heterocycles. The maximum absolute atomic E-state index is 11.1. The summed E-state index contributed by atoms with van der Waals surface area (Å²) in [6.45, 7) is 2.58. The molecule has 0 saturated heterocycles. The highest BCUT2D eigenvalue weighted by atomic mass is 16.4. The fourth-order valence-corrected chi connectivity index (χ4v) is 1.95. The van der Waals surface area contributed by atoms with E-state index in [1.54, 1.807) is 18.3 Å². The van der Waals surface area contributed by atoms with Gasteiger partial charge in [-0.1, -0.05) is 18.2 Å². The molecule has 0 spiro atoms. The van der Waals surface area contributed by atoms with Crippen LogP contribution in [-0.4, -0.2) is 34.6 Å². The molecule has 5 heteroatoms. The molecule has 0 bridgehead atoms. The third-order valence-electron chi connectivity index (χ3n) is 3.09. The van der Waals surface area contributed by atoms with Crippen LogP contribution in [0, 0.1) is 6.92 Å². The molecule has 0 aliphatic rings. The number of hydrogen-bond acceptors (Lipinski definition) is 4. The topological polar surface area (TPSA) is 66.3 Å². The maximum atomic E-state index is 11.1. The van der Waals surface area contributed by atoms with E-state index in [0.29, 0.717) is 24.5 Å². The Morgan fingerprint density at radius 1 is 1.30 bits per heavy atom. The van der Waals surface area contributed by atoms with Crippen molar-refractivity contribution in [2.45, 2.75) is 13.3 Å². The first-order valence-electron chi connectivity index (χ1n) is 6.40. The summed E-state index contributed by atoms with van der Waals surface area (Å²) in [5, 5.41) is 9.15. The molecular weight excluding hydrogens is 254 g/mol. The monoisotopic (exact) mass is 271 g/mol. The lowest BCUT2D eigenvalue weighted by molar-refractivity contribution is 0.0695. The minimum Gasteiger partial charge on any atom is -0.478 e. The van der Waals surface area contributed by atoms with Crippen LogP contribution in [0.15, 0.2) is 36.5 Å². The van der Waals surface area contributed by atoms with Crippen molar-refractivity contribution in [3.63, 3.8) is 0 Å². The molecule has 0 atom stereocenters. The van der Waals surface area contributed by atoms with Gasteiger partial charge in [0.25, 0.3) is 0 Å². The van der Waals surface area contributed by atoms with Gasteiger partial charge in [-0.25, -0.2) is 14.8 Å². The number of carboxylic acid groups (broad SMARTS) is 1. The number of carbonyl (C=O) groups is 1. The van der Waals surface area contributed by atoms with Gasteiger partial charge in [0, 0.05) is 25.5 Å². The molecule has 2 aromatic rings. The summed E-state index contributed by atoms with van der Waals surface area (Å²) in [6.07, 6.45) is 2.36. The molecule has 104 valence electrons. The lowest BCUT2D eigenvalue weighted by Gasteiger charge is -2.17. The van der Waals surface area contributed by atoms with E-state index < -0.39 is 5.97 Å². The van der Waals surface area contributed by atoms with Crippen LogP contribution in [-0.2, 0) is 6.42 Å². The first-order valence-corrected chi connectivity index (χ1v) is 6.40. The summed E-state index contributed by atoms with van der Waals surface area (Å²) in [5.74, 6) is -0.243. The summed E-state index contributed by atoms with van der Waals surface area (Å²) in [4.78, 5) is 21.6. The van der Waals surface area contributed by atoms with Crippen molar-refractivity contribution in [2.24, 2.45) is 0 Å². The van der Waals surface area contributed by atoms with Gasteiger partial charge < -0.3 is 10.0 Å². The molecule has 0 saturated carbocycles. The normalized spacial score (nSPS) is 10.3. The quantitative estimate of drug-likeness (QED) is 0.902. The highest BCUT2D eigenvalue weighted by Gasteiger charge is 2.10. The van der Waals surface area contributed by atoms with E-state index in [2.05, 4.69) is 9.97 Å². The number of nitrogens with zero attached hydrogens (tertiary/aromatic N) is 3. The molecular formula is C15H17N3O2. The fraction of sp³-hybridized carbons (Fsp3) is 0.267. The van der Waals surface area contributed by atoms with Gasteiger partial charge in [0.05, 0.1) is 5.56 Å². The zero-order chi connectivity index (χ0) is 14.5. The van der Waals surface area contributed by atoms with Crippen molar-refractivity contribution in [2.75, 3.05) is 18.5 Å². The Morgan fingerprint density at radius 3 is 2.75 bits per heavy atom. The number of aromatic nitrogens is 2. The first-order chi connectivity index (χ1) is 9.58. The molecule has 1 heterocycles. The summed E-state index contributed by atoms with van der Waals surface area (Å²) in [5.41, 5.74) is 2.08. The van der Waals surface area contributed by atoms with Gasteiger partial charge in [-0.15, -0.1) is 0 Å². The SMILES string of the molecule is Cc1ccnc(N(C)CCc2ccccc2C(=O)O)n1. The van der Waals surface area contributed by atoms with E-state index >= 15 is 0 Å². The Balaban J connectivity index is 2.07. The fourth-order valence-electron chi connectivity index (χ4n) is 1.95. The second-order valence-corrected chi connectivity index (χ2v) is 4.63. The van der Waals surface area contributed by atoms with Crippen molar-refractivity contribution >= 4 is 11.9 Å². The average Bonchev–Trinajstić information content (AvgIpc) is 2.45. The molecule has 1 aromatic carbocycles. The van der Waals surface area contributed by atoms with E-state index in [1.807, 2.05) is 37.1 Å². The predicted octanol–water partition coefficient (Wildman–Crippen LogP) is 2.16. The number of hydrogen-bond donors (Lipinski definition) is 1. The molecule has 1 N–H and O–H groups in total. The first kappa shape index (κ1) is 14.0. The van der Waals surface area contributed by atoms with E-state index in [4.69, 9.17) is 5.11 Å². The van der Waals surface area contributed by atoms with Gasteiger partial charge in [-0.2, -0.15) is 0 Å². The van der Waals surface area contributed by atoms with Crippen LogP contribution < -0.4 is 4.90 Å². The molecule has 2 rings (SSSR count). The Bertz CT molecular complexity index is 614. The van der Waals surface area contributed by atoms with Crippen LogP contribution >= 0.6 is 0 Å². The molecule has 5 nitrogen and oxygen atoms in total. The average molecular weight is 271 g/mol. The van der Waals surface area contributed by atoms with Crippen LogP contribution in [0.25, 0.3) is 0 Å². The van der Waals surface area contributed by atoms with Crippen LogP contribution in [0.3, 0.4) is 0 Å². The Kier molecular flexibility index (Phi) is 4.30. The van der Waals surface area contributed by atoms with Gasteiger partial charge >= 0.3 is 5.97 Å². The highest BCUT2D eigenvalue weighted by Crippen LogP contribution is 2.12. The number of aromatic carboxylic acids is 1. The van der Waals surface area contributed by atoms with Crippen LogP contribution in [0.5, 0.6) is 0 Å². The Labute approximate surface area is 117 Å². The standard InChI is InChI=1S/C15H17N3O2/c1-11-7-9-16-15(17-11)18(2)10-8-12-5-3-4-6-13(12)14(19)20/h3-7,9H,8,10H2,1-2H3,(H,19,20). The van der Waals surface area contributed by atoms with Crippen molar-refractivity contribution in [1.29, 1.82) is 0 Å². The van der Waals surface area contributed by atoms with Crippen LogP contribution in [0.2, 0.25) is 0 Å². The lowest BCUT2D eigenvalue weighted by Crippen LogP contribution is -2.23. The van der Waals surface area contributed by atoms with Gasteiger partial charge in [0.1, 0.15) is 0 Å². The predicted molar refractivity (Wildman–Crippen MR) is 77.1 cm³/mol. The van der Waals surface area contributed by atoms with Crippen LogP contribution in [0.4, 0.5) is 5.95 Å². The van der Waals surface area contributed by atoms with E-state index in [1.165, 1.54) is 0 Å². The third kappa shape index (κ3) is 3.32. The van der Waals surface area contributed by atoms with Crippen molar-refractivity contribution in [1.82, 2.24) is 9.97 Å². The molecule has 0 aliphatic carbocycles. The summed E-state index contributed by atoms with van der Waals surface area (Å²) >= 11 is 0. The summed E-state index contributed by atoms with van der Waals surface area (Å²) in [7, 11) is 1.90. The largest absolute Gasteiger partial charge is 0.478 e. The number of likely N-dealkylation sites (N-methyl/N-ethyl adjacent to an activating group) is 1. The molecule has 0 amide bonds. The summed E-state index contributed by atoms with van der Waals surface area (Å²) in [6, 6.07) is 8.90. The minimum absolute atomic E-state index is 0.353. The van der Waals surface area contributed by atoms with Gasteiger partial charge in [0.15, 0.2) is 0 Å². The van der Waals surface area contributed by atoms with Crippen molar-refractivity contribution < 1.29 is 9.90 Å². The molecule has 20 heavy (non-hydrogen) atoms. The lowest BCUT2D eigenvalue weighted by atomic mass is 10.0. The van der Waals surface area contributed by atoms with E-state index in [0.717, 1.165) is 11.3 Å². The number of carboxylic acids is 1. The zero-order valence-corrected chi connectivity index (χ0v) is 11.6. The summed E-state index contributed by atoms with van der Waals surface area (Å²) < 4.78 is 0. The number of aryl methyl sites for hydroxylation is 1. The highest BCUT2D eigenvalue weighted by molar-refractivity contribution is 5.89. The number of benzene rings is 1. The van der Waals surface area contributed by atoms with Crippen molar-refractivity contribution in [3.8, 4) is 0 Å². The molecule has 0 radical (unpaired) electrons. The van der Waals surface area contributed by atoms with Crippen molar-refractivity contribution in [3.05, 3.63) is 53.3 Å². The Morgan fingerprint density at radius 2 is 2.05 bits per heavy atom. The van der Waals surface area contributed by atoms with E-state index in [-0.39, 0.29) is 0 Å². The minimum atomic E-state index is -0.893. The Hall–Kier alpha value is -2.43. The second kappa shape index (κ2) is 6.14. The van der Waals surface area contributed by atoms with Gasteiger partial charge in [-0.05, 0) is 31.0 Å². The third-order valence-corrected chi connectivity index (χ3v) is 3.09. The smallest absolute Gasteiger partial charge is 0.335 e. The van der Waals surface area contributed by atoms with Gasteiger partial charge in [-0.3, -0.25) is 0 Å². The van der Waals surface area contributed by atoms with Crippen LogP contribution in [0.1, 0.15) is 21.6 Å². The second-order valence-electron chi connectivity index (χ2n) is 4.63. The number of rotatable bonds is 5. The molecule has 1 aromatic heterocycles. The molecule has 0 fully saturated rings. The zero-order valence-electron chi connectivity index (χ0n) is 11.6. The van der Waals surface area contributed by atoms with Gasteiger partial charge in [0.2, 0.25) is 5.95 Å². The van der Waals surface area contributed by atoms with E-state index in [9.17, 15) is 4.79 Å². The maximum Gasteiger partial charge on any atom is 0.335 e. The molecule has 0 unspecified atom stereocenters. The number of anilines is 1.